The van der Waals surface area contributed by atoms with Gasteiger partial charge in [-0.05, 0) is 12.1 Å². The van der Waals surface area contributed by atoms with E-state index >= 15 is 0 Å². The predicted molar refractivity (Wildman–Crippen MR) is 78.2 cm³/mol. The second-order valence-electron chi connectivity index (χ2n) is 5.03. The highest BCUT2D eigenvalue weighted by Crippen LogP contribution is 2.21. The highest BCUT2D eigenvalue weighted by Gasteiger charge is 2.28. The monoisotopic (exact) mass is 334 g/mol. The van der Waals surface area contributed by atoms with Crippen LogP contribution in [0.3, 0.4) is 0 Å². The van der Waals surface area contributed by atoms with Gasteiger partial charge in [-0.2, -0.15) is 0 Å². The first-order valence-corrected chi connectivity index (χ1v) is 8.33. The number of sulfone groups is 1. The van der Waals surface area contributed by atoms with Gasteiger partial charge in [-0.15, -0.1) is 0 Å². The maximum absolute atomic E-state index is 12.6. The number of hydrogen-bond acceptors (Lipinski definition) is 7. The molecule has 1 aliphatic heterocycles. The predicted octanol–water partition coefficient (Wildman–Crippen LogP) is -0.171. The van der Waals surface area contributed by atoms with Gasteiger partial charge in [-0.25, -0.2) is 18.9 Å². The van der Waals surface area contributed by atoms with Crippen molar-refractivity contribution < 1.29 is 18.4 Å². The molecule has 0 bridgehead atoms. The Labute approximate surface area is 132 Å². The van der Waals surface area contributed by atoms with Crippen LogP contribution in [0.25, 0.3) is 0 Å². The fourth-order valence-corrected chi connectivity index (χ4v) is 3.52. The third-order valence-electron chi connectivity index (χ3n) is 3.58. The molecule has 2 heterocycles. The zero-order valence-electron chi connectivity index (χ0n) is 11.9. The molecule has 0 radical (unpaired) electrons. The van der Waals surface area contributed by atoms with Crippen LogP contribution < -0.4 is 10.8 Å². The summed E-state index contributed by atoms with van der Waals surface area (Å²) in [5.74, 6) is -0.603. The molecule has 2 aromatic rings. The quantitative estimate of drug-likeness (QED) is 0.526. The highest BCUT2D eigenvalue weighted by molar-refractivity contribution is 7.91. The summed E-state index contributed by atoms with van der Waals surface area (Å²) in [6, 6.07) is 7.27. The summed E-state index contributed by atoms with van der Waals surface area (Å²) in [4.78, 5) is 19.9. The number of hydroxylamine groups is 1. The van der Waals surface area contributed by atoms with E-state index in [0.29, 0.717) is 11.4 Å². The Morgan fingerprint density at radius 1 is 1.26 bits per heavy atom. The Balaban J connectivity index is 1.97. The van der Waals surface area contributed by atoms with Crippen molar-refractivity contribution in [1.29, 1.82) is 0 Å². The number of benzene rings is 1. The van der Waals surface area contributed by atoms with Crippen molar-refractivity contribution in [3.8, 4) is 0 Å². The zero-order chi connectivity index (χ0) is 16.4. The second-order valence-corrected chi connectivity index (χ2v) is 6.93. The maximum Gasteiger partial charge on any atom is 0.260 e. The Hall–Kier alpha value is -2.36. The van der Waals surface area contributed by atoms with Crippen LogP contribution in [0.1, 0.15) is 11.4 Å². The molecule has 3 rings (SSSR count). The molecule has 0 saturated heterocycles. The minimum atomic E-state index is -3.76. The summed E-state index contributed by atoms with van der Waals surface area (Å²) in [6.07, 6.45) is 1.36. The summed E-state index contributed by atoms with van der Waals surface area (Å²) < 4.78 is 25.1. The fraction of sp³-hybridized carbons (Fsp3) is 0.214. The summed E-state index contributed by atoms with van der Waals surface area (Å²) in [5, 5.41) is 11.4. The Kier molecular flexibility index (Phi) is 4.07. The van der Waals surface area contributed by atoms with Crippen molar-refractivity contribution in [3.63, 3.8) is 0 Å². The van der Waals surface area contributed by atoms with Gasteiger partial charge in [0.2, 0.25) is 9.84 Å². The van der Waals surface area contributed by atoms with Gasteiger partial charge in [0, 0.05) is 13.0 Å². The molecule has 1 amide bonds. The molecular formula is C14H14N4O4S. The van der Waals surface area contributed by atoms with Crippen LogP contribution in [-0.2, 0) is 27.6 Å². The van der Waals surface area contributed by atoms with Gasteiger partial charge in [-0.1, -0.05) is 18.2 Å². The number of carbonyl (C=O) groups excluding carboxylic acids is 1. The van der Waals surface area contributed by atoms with Crippen LogP contribution in [0.15, 0.2) is 46.5 Å². The van der Waals surface area contributed by atoms with Crippen molar-refractivity contribution in [3.05, 3.63) is 47.9 Å². The van der Waals surface area contributed by atoms with Gasteiger partial charge in [0.25, 0.3) is 5.91 Å². The van der Waals surface area contributed by atoms with Gasteiger partial charge in [-0.3, -0.25) is 20.3 Å². The maximum atomic E-state index is 12.6. The van der Waals surface area contributed by atoms with E-state index in [1.807, 2.05) is 0 Å². The number of hydrogen-bond donors (Lipinski definition) is 3. The van der Waals surface area contributed by atoms with E-state index in [9.17, 15) is 13.2 Å². The lowest BCUT2D eigenvalue weighted by atomic mass is 10.0. The first kappa shape index (κ1) is 15.5. The molecule has 1 aliphatic rings. The number of nitrogens with one attached hydrogen (secondary N) is 2. The van der Waals surface area contributed by atoms with E-state index in [4.69, 9.17) is 5.21 Å². The highest BCUT2D eigenvalue weighted by atomic mass is 32.2. The topological polar surface area (TPSA) is 121 Å². The number of amides is 1. The van der Waals surface area contributed by atoms with E-state index in [1.165, 1.54) is 18.3 Å². The number of nitrogens with zero attached hydrogens (tertiary/aromatic N) is 2. The number of fused-ring (bicyclic) bond motifs is 1. The summed E-state index contributed by atoms with van der Waals surface area (Å²) in [6.45, 7) is 0.270. The molecule has 3 N–H and O–H groups in total. The first-order chi connectivity index (χ1) is 11.0. The molecule has 9 heteroatoms. The van der Waals surface area contributed by atoms with Crippen molar-refractivity contribution in [2.24, 2.45) is 0 Å². The van der Waals surface area contributed by atoms with Crippen LogP contribution in [-0.4, -0.2) is 35.5 Å². The standard InChI is InChI=1S/C14H14N4O4S/c19-14(18-20)11-6-10-12(7-15-11)16-8-13(17-10)23(21,22)9-4-2-1-3-5-9/h1-5,8,11,15,20H,6-7H2,(H,18,19). The van der Waals surface area contributed by atoms with Crippen LogP contribution >= 0.6 is 0 Å². The molecule has 120 valence electrons. The third-order valence-corrected chi connectivity index (χ3v) is 5.22. The van der Waals surface area contributed by atoms with Gasteiger partial charge in [0.1, 0.15) is 0 Å². The molecular weight excluding hydrogens is 320 g/mol. The van der Waals surface area contributed by atoms with Crippen molar-refractivity contribution in [2.45, 2.75) is 28.9 Å². The normalized spacial score (nSPS) is 17.3. The molecule has 1 atom stereocenters. The first-order valence-electron chi connectivity index (χ1n) is 6.84. The molecule has 0 saturated carbocycles. The average molecular weight is 334 g/mol. The van der Waals surface area contributed by atoms with E-state index in [0.717, 1.165) is 0 Å². The Morgan fingerprint density at radius 2 is 2.00 bits per heavy atom. The van der Waals surface area contributed by atoms with Crippen molar-refractivity contribution in [1.82, 2.24) is 20.8 Å². The van der Waals surface area contributed by atoms with Gasteiger partial charge in [0.15, 0.2) is 5.03 Å². The number of rotatable bonds is 3. The van der Waals surface area contributed by atoms with E-state index in [1.54, 1.807) is 23.7 Å². The molecule has 23 heavy (non-hydrogen) atoms. The molecule has 1 aromatic heterocycles. The Bertz CT molecular complexity index is 839. The molecule has 1 unspecified atom stereocenters. The van der Waals surface area contributed by atoms with Crippen LogP contribution in [0.4, 0.5) is 0 Å². The Morgan fingerprint density at radius 3 is 2.70 bits per heavy atom. The minimum Gasteiger partial charge on any atom is -0.300 e. The van der Waals surface area contributed by atoms with Crippen LogP contribution in [0.5, 0.6) is 0 Å². The fourth-order valence-electron chi connectivity index (χ4n) is 2.34. The van der Waals surface area contributed by atoms with E-state index < -0.39 is 21.8 Å². The van der Waals surface area contributed by atoms with Gasteiger partial charge >= 0.3 is 0 Å². The van der Waals surface area contributed by atoms with E-state index in [2.05, 4.69) is 15.3 Å². The van der Waals surface area contributed by atoms with Gasteiger partial charge < -0.3 is 0 Å². The third kappa shape index (κ3) is 2.93. The summed E-state index contributed by atoms with van der Waals surface area (Å²) in [5.41, 5.74) is 2.58. The minimum absolute atomic E-state index is 0.132. The zero-order valence-corrected chi connectivity index (χ0v) is 12.7. The molecule has 0 spiro atoms. The lowest BCUT2D eigenvalue weighted by Gasteiger charge is -2.23. The van der Waals surface area contributed by atoms with Crippen LogP contribution in [0.2, 0.25) is 0 Å². The van der Waals surface area contributed by atoms with Gasteiger partial charge in [0.05, 0.1) is 28.5 Å². The smallest absolute Gasteiger partial charge is 0.260 e. The molecule has 1 aromatic carbocycles. The molecule has 8 nitrogen and oxygen atoms in total. The second kappa shape index (κ2) is 6.03. The summed E-state index contributed by atoms with van der Waals surface area (Å²) >= 11 is 0. The molecule has 0 aliphatic carbocycles. The van der Waals surface area contributed by atoms with Crippen molar-refractivity contribution in [2.75, 3.05) is 0 Å². The number of aromatic nitrogens is 2. The lowest BCUT2D eigenvalue weighted by molar-refractivity contribution is -0.131. The van der Waals surface area contributed by atoms with Crippen LogP contribution in [0, 0.1) is 0 Å². The average Bonchev–Trinajstić information content (AvgIpc) is 2.60. The van der Waals surface area contributed by atoms with Crippen molar-refractivity contribution >= 4 is 15.7 Å². The number of carbonyl (C=O) groups is 1. The summed E-state index contributed by atoms with van der Waals surface area (Å²) in [7, 11) is -3.76. The molecule has 0 fully saturated rings. The SMILES string of the molecule is O=C(NO)C1Cc2nc(S(=O)(=O)c3ccccc3)cnc2CN1. The van der Waals surface area contributed by atoms with E-state index in [-0.39, 0.29) is 22.9 Å². The largest absolute Gasteiger partial charge is 0.300 e. The lowest BCUT2D eigenvalue weighted by Crippen LogP contribution is -2.47.